The van der Waals surface area contributed by atoms with Crippen LogP contribution in [0, 0.1) is 0 Å². The molecule has 7 nitrogen and oxygen atoms in total. The number of ether oxygens (including phenoxy) is 1. The molecule has 0 radical (unpaired) electrons. The van der Waals surface area contributed by atoms with E-state index in [0.717, 1.165) is 22.8 Å². The number of hydrogen-bond donors (Lipinski definition) is 2. The molecule has 2 aromatic carbocycles. The summed E-state index contributed by atoms with van der Waals surface area (Å²) in [5.74, 6) is -0.289. The fraction of sp³-hybridized carbons (Fsp3) is 0.148. The van der Waals surface area contributed by atoms with Crippen LogP contribution >= 0.6 is 35.4 Å². The molecular formula is C27H23Cl2N5O2S. The first-order chi connectivity index (χ1) is 18.0. The molecule has 10 heteroatoms. The zero-order valence-corrected chi connectivity index (χ0v) is 22.1. The van der Waals surface area contributed by atoms with Crippen LogP contribution in [-0.4, -0.2) is 34.3 Å². The lowest BCUT2D eigenvalue weighted by atomic mass is 10.0. The minimum atomic E-state index is -0.289. The summed E-state index contributed by atoms with van der Waals surface area (Å²) < 4.78 is 6.99. The number of anilines is 2. The van der Waals surface area contributed by atoms with Crippen molar-refractivity contribution in [2.24, 2.45) is 0 Å². The Bertz CT molecular complexity index is 1450. The summed E-state index contributed by atoms with van der Waals surface area (Å²) in [6.45, 7) is -0.0630. The summed E-state index contributed by atoms with van der Waals surface area (Å²) in [5.41, 5.74) is 4.03. The number of carbonyl (C=O) groups is 1. The van der Waals surface area contributed by atoms with Gasteiger partial charge in [0.05, 0.1) is 22.4 Å². The SMILES string of the molecule is COCC(=O)Nc1ccc(N2C(=S)N[C@H](c3ccccn3)[C@H]2c2cccn2-c2cccc(Cl)c2)cc1Cl. The number of nitrogens with zero attached hydrogens (tertiary/aromatic N) is 3. The Morgan fingerprint density at radius 2 is 1.95 bits per heavy atom. The molecule has 1 aliphatic heterocycles. The summed E-state index contributed by atoms with van der Waals surface area (Å²) in [5, 5.41) is 7.78. The molecule has 5 rings (SSSR count). The maximum atomic E-state index is 12.0. The molecule has 4 aromatic rings. The van der Waals surface area contributed by atoms with E-state index < -0.39 is 0 Å². The zero-order chi connectivity index (χ0) is 25.9. The van der Waals surface area contributed by atoms with Gasteiger partial charge in [-0.25, -0.2) is 0 Å². The third kappa shape index (κ3) is 5.19. The molecule has 1 saturated heterocycles. The van der Waals surface area contributed by atoms with E-state index in [1.54, 1.807) is 18.3 Å². The fourth-order valence-electron chi connectivity index (χ4n) is 4.50. The van der Waals surface area contributed by atoms with Gasteiger partial charge in [-0.2, -0.15) is 0 Å². The molecule has 0 spiro atoms. The van der Waals surface area contributed by atoms with E-state index in [1.165, 1.54) is 7.11 Å². The van der Waals surface area contributed by atoms with E-state index >= 15 is 0 Å². The largest absolute Gasteiger partial charge is 0.375 e. The van der Waals surface area contributed by atoms with E-state index in [0.29, 0.717) is 20.8 Å². The predicted octanol–water partition coefficient (Wildman–Crippen LogP) is 5.94. The third-order valence-corrected chi connectivity index (χ3v) is 6.91. The Kier molecular flexibility index (Phi) is 7.43. The van der Waals surface area contributed by atoms with Crippen molar-refractivity contribution in [1.29, 1.82) is 0 Å². The molecule has 0 unspecified atom stereocenters. The van der Waals surface area contributed by atoms with E-state index in [4.69, 9.17) is 40.2 Å². The molecule has 0 aliphatic carbocycles. The van der Waals surface area contributed by atoms with Crippen LogP contribution < -0.4 is 15.5 Å². The van der Waals surface area contributed by atoms with Crippen molar-refractivity contribution in [2.75, 3.05) is 23.9 Å². The molecule has 2 N–H and O–H groups in total. The normalized spacial score (nSPS) is 17.1. The molecule has 0 bridgehead atoms. The second-order valence-corrected chi connectivity index (χ2v) is 9.66. The minimum Gasteiger partial charge on any atom is -0.375 e. The smallest absolute Gasteiger partial charge is 0.250 e. The average Bonchev–Trinajstić information content (AvgIpc) is 3.50. The molecule has 0 saturated carbocycles. The van der Waals surface area contributed by atoms with Gasteiger partial charge in [0.25, 0.3) is 0 Å². The van der Waals surface area contributed by atoms with Gasteiger partial charge in [0, 0.05) is 41.6 Å². The van der Waals surface area contributed by atoms with Gasteiger partial charge in [-0.3, -0.25) is 9.78 Å². The molecular weight excluding hydrogens is 529 g/mol. The number of carbonyl (C=O) groups excluding carboxylic acids is 1. The molecule has 188 valence electrons. The number of pyridine rings is 1. The van der Waals surface area contributed by atoms with E-state index in [1.807, 2.05) is 65.7 Å². The Labute approximate surface area is 230 Å². The number of hydrogen-bond acceptors (Lipinski definition) is 4. The van der Waals surface area contributed by atoms with Crippen molar-refractivity contribution in [3.05, 3.63) is 107 Å². The molecule has 37 heavy (non-hydrogen) atoms. The highest BCUT2D eigenvalue weighted by Crippen LogP contribution is 2.43. The van der Waals surface area contributed by atoms with Crippen LogP contribution in [0.4, 0.5) is 11.4 Å². The lowest BCUT2D eigenvalue weighted by Gasteiger charge is -2.29. The van der Waals surface area contributed by atoms with Crippen molar-refractivity contribution in [2.45, 2.75) is 12.1 Å². The number of rotatable bonds is 7. The number of thiocarbonyl (C=S) groups is 1. The van der Waals surface area contributed by atoms with Gasteiger partial charge in [-0.1, -0.05) is 35.3 Å². The van der Waals surface area contributed by atoms with E-state index in [2.05, 4.69) is 26.3 Å². The quantitative estimate of drug-likeness (QED) is 0.277. The molecule has 1 fully saturated rings. The van der Waals surface area contributed by atoms with Crippen LogP contribution in [0.5, 0.6) is 0 Å². The number of methoxy groups -OCH3 is 1. The predicted molar refractivity (Wildman–Crippen MR) is 151 cm³/mol. The first kappa shape index (κ1) is 25.2. The lowest BCUT2D eigenvalue weighted by molar-refractivity contribution is -0.119. The summed E-state index contributed by atoms with van der Waals surface area (Å²) >= 11 is 18.7. The van der Waals surface area contributed by atoms with Crippen LogP contribution in [0.15, 0.2) is 85.2 Å². The van der Waals surface area contributed by atoms with Crippen molar-refractivity contribution in [3.8, 4) is 5.69 Å². The van der Waals surface area contributed by atoms with Gasteiger partial charge >= 0.3 is 0 Å². The van der Waals surface area contributed by atoms with Crippen LogP contribution in [0.1, 0.15) is 23.5 Å². The number of nitrogens with one attached hydrogen (secondary N) is 2. The molecule has 1 aliphatic rings. The fourth-order valence-corrected chi connectivity index (χ4v) is 5.25. The van der Waals surface area contributed by atoms with Gasteiger partial charge in [0.15, 0.2) is 5.11 Å². The monoisotopic (exact) mass is 551 g/mol. The number of halogens is 2. The second-order valence-electron chi connectivity index (χ2n) is 8.42. The molecule has 1 amide bonds. The first-order valence-corrected chi connectivity index (χ1v) is 12.6. The summed E-state index contributed by atoms with van der Waals surface area (Å²) in [7, 11) is 1.46. The van der Waals surface area contributed by atoms with Crippen molar-refractivity contribution >= 4 is 57.8 Å². The second kappa shape index (κ2) is 10.9. The maximum Gasteiger partial charge on any atom is 0.250 e. The highest BCUT2D eigenvalue weighted by atomic mass is 35.5. The van der Waals surface area contributed by atoms with Crippen LogP contribution in [0.3, 0.4) is 0 Å². The zero-order valence-electron chi connectivity index (χ0n) is 19.8. The van der Waals surface area contributed by atoms with Crippen molar-refractivity contribution < 1.29 is 9.53 Å². The molecule has 2 aromatic heterocycles. The van der Waals surface area contributed by atoms with Gasteiger partial charge in [0.1, 0.15) is 12.6 Å². The van der Waals surface area contributed by atoms with E-state index in [9.17, 15) is 4.79 Å². The Hall–Kier alpha value is -3.43. The van der Waals surface area contributed by atoms with Gasteiger partial charge < -0.3 is 24.8 Å². The standard InChI is InChI=1S/C27H23Cl2N5O2S/c1-36-16-24(35)31-21-11-10-19(15-20(21)29)34-26(25(32-27(34)37)22-8-2-3-12-30-22)23-9-5-13-33(23)18-7-4-6-17(28)14-18/h2-15,25-26H,16H2,1H3,(H,31,35)(H,32,37)/t25-,26-/m1/s1. The number of amides is 1. The summed E-state index contributed by atoms with van der Waals surface area (Å²) in [6, 6.07) is 22.5. The highest BCUT2D eigenvalue weighted by Gasteiger charge is 2.42. The first-order valence-electron chi connectivity index (χ1n) is 11.5. The summed E-state index contributed by atoms with van der Waals surface area (Å²) in [6.07, 6.45) is 3.77. The van der Waals surface area contributed by atoms with Crippen LogP contribution in [0.25, 0.3) is 5.69 Å². The Balaban J connectivity index is 1.59. The van der Waals surface area contributed by atoms with Crippen molar-refractivity contribution in [3.63, 3.8) is 0 Å². The van der Waals surface area contributed by atoms with Gasteiger partial charge in [-0.15, -0.1) is 0 Å². The minimum absolute atomic E-state index is 0.0630. The average molecular weight is 552 g/mol. The lowest BCUT2D eigenvalue weighted by Crippen LogP contribution is -2.30. The van der Waals surface area contributed by atoms with Gasteiger partial charge in [-0.05, 0) is 72.9 Å². The Morgan fingerprint density at radius 1 is 1.08 bits per heavy atom. The topological polar surface area (TPSA) is 71.4 Å². The van der Waals surface area contributed by atoms with Crippen LogP contribution in [0.2, 0.25) is 10.0 Å². The maximum absolute atomic E-state index is 12.0. The third-order valence-electron chi connectivity index (χ3n) is 6.05. The van der Waals surface area contributed by atoms with Crippen LogP contribution in [-0.2, 0) is 9.53 Å². The van der Waals surface area contributed by atoms with Gasteiger partial charge in [0.2, 0.25) is 5.91 Å². The summed E-state index contributed by atoms with van der Waals surface area (Å²) in [4.78, 5) is 18.6. The Morgan fingerprint density at radius 3 is 2.68 bits per heavy atom. The molecule has 2 atom stereocenters. The molecule has 3 heterocycles. The number of aromatic nitrogens is 2. The van der Waals surface area contributed by atoms with Crippen molar-refractivity contribution in [1.82, 2.24) is 14.9 Å². The highest BCUT2D eigenvalue weighted by molar-refractivity contribution is 7.80. The van der Waals surface area contributed by atoms with E-state index in [-0.39, 0.29) is 24.6 Å². The number of benzene rings is 2.